The van der Waals surface area contributed by atoms with Crippen LogP contribution in [0.5, 0.6) is 0 Å². The van der Waals surface area contributed by atoms with Crippen molar-refractivity contribution in [1.82, 2.24) is 14.6 Å². The number of piperidine rings is 3. The largest absolute Gasteiger partial charge is 0.347 e. The van der Waals surface area contributed by atoms with Gasteiger partial charge in [-0.2, -0.15) is 0 Å². The van der Waals surface area contributed by atoms with Gasteiger partial charge in [0.15, 0.2) is 0 Å². The first kappa shape index (κ1) is 13.8. The summed E-state index contributed by atoms with van der Waals surface area (Å²) in [5.74, 6) is 0.654. The Morgan fingerprint density at radius 3 is 2.73 bits per heavy atom. The maximum absolute atomic E-state index is 12.7. The molecule has 4 nitrogen and oxygen atoms in total. The smallest absolute Gasteiger partial charge is 0.253 e. The number of carbonyl (C=O) groups excluding carboxylic acids is 1. The molecule has 1 atom stereocenters. The van der Waals surface area contributed by atoms with Crippen molar-refractivity contribution in [3.63, 3.8) is 0 Å². The number of aromatic nitrogens is 1. The van der Waals surface area contributed by atoms with Gasteiger partial charge in [0.05, 0.1) is 5.56 Å². The second-order valence-electron chi connectivity index (χ2n) is 7.19. The molecule has 3 aliphatic heterocycles. The molecule has 1 unspecified atom stereocenters. The predicted octanol–water partition coefficient (Wildman–Crippen LogP) is 2.54. The molecule has 3 fully saturated rings. The van der Waals surface area contributed by atoms with Gasteiger partial charge in [-0.05, 0) is 70.0 Å². The Morgan fingerprint density at radius 2 is 2.00 bits per heavy atom. The van der Waals surface area contributed by atoms with Crippen molar-refractivity contribution in [2.75, 3.05) is 13.1 Å². The summed E-state index contributed by atoms with van der Waals surface area (Å²) in [4.78, 5) is 15.2. The van der Waals surface area contributed by atoms with Crippen molar-refractivity contribution in [2.45, 2.75) is 38.3 Å². The molecule has 1 amide bonds. The SMILES string of the molecule is CC1(C)C(NC(=O)c2ccc3cccn3c2)C2CCN1CC2. The zero-order valence-electron chi connectivity index (χ0n) is 13.2. The first-order chi connectivity index (χ1) is 10.6. The highest BCUT2D eigenvalue weighted by Gasteiger charge is 2.48. The number of rotatable bonds is 2. The molecule has 22 heavy (non-hydrogen) atoms. The van der Waals surface area contributed by atoms with Crippen LogP contribution in [0.4, 0.5) is 0 Å². The Bertz CT molecular complexity index is 710. The number of nitrogens with zero attached hydrogens (tertiary/aromatic N) is 2. The Balaban J connectivity index is 1.58. The summed E-state index contributed by atoms with van der Waals surface area (Å²) >= 11 is 0. The Morgan fingerprint density at radius 1 is 1.23 bits per heavy atom. The van der Waals surface area contributed by atoms with Crippen molar-refractivity contribution in [3.05, 3.63) is 42.2 Å². The van der Waals surface area contributed by atoms with Crippen LogP contribution in [0.2, 0.25) is 0 Å². The molecule has 2 bridgehead atoms. The van der Waals surface area contributed by atoms with Gasteiger partial charge in [0.1, 0.15) is 0 Å². The Labute approximate surface area is 131 Å². The first-order valence-electron chi connectivity index (χ1n) is 8.18. The van der Waals surface area contributed by atoms with Gasteiger partial charge in [0, 0.05) is 29.5 Å². The number of carbonyl (C=O) groups is 1. The van der Waals surface area contributed by atoms with Crippen molar-refractivity contribution < 1.29 is 4.79 Å². The van der Waals surface area contributed by atoms with E-state index in [1.54, 1.807) is 0 Å². The molecule has 3 saturated heterocycles. The summed E-state index contributed by atoms with van der Waals surface area (Å²) in [7, 11) is 0. The topological polar surface area (TPSA) is 36.8 Å². The summed E-state index contributed by atoms with van der Waals surface area (Å²) in [5.41, 5.74) is 1.89. The van der Waals surface area contributed by atoms with Crippen LogP contribution in [-0.4, -0.2) is 39.9 Å². The van der Waals surface area contributed by atoms with Gasteiger partial charge in [-0.3, -0.25) is 9.69 Å². The van der Waals surface area contributed by atoms with E-state index in [-0.39, 0.29) is 17.5 Å². The number of amides is 1. The number of hydrogen-bond acceptors (Lipinski definition) is 2. The lowest BCUT2D eigenvalue weighted by Gasteiger charge is -2.56. The van der Waals surface area contributed by atoms with Crippen molar-refractivity contribution in [3.8, 4) is 0 Å². The maximum Gasteiger partial charge on any atom is 0.253 e. The van der Waals surface area contributed by atoms with Gasteiger partial charge < -0.3 is 9.72 Å². The molecular weight excluding hydrogens is 274 g/mol. The molecule has 2 aromatic heterocycles. The van der Waals surface area contributed by atoms with Gasteiger partial charge in [-0.25, -0.2) is 0 Å². The van der Waals surface area contributed by atoms with Gasteiger partial charge >= 0.3 is 0 Å². The Kier molecular flexibility index (Phi) is 3.05. The second kappa shape index (κ2) is 4.85. The number of nitrogens with one attached hydrogen (secondary N) is 1. The average Bonchev–Trinajstić information content (AvgIpc) is 2.98. The molecule has 0 spiro atoms. The van der Waals surface area contributed by atoms with Crippen LogP contribution in [0.15, 0.2) is 36.7 Å². The normalized spacial score (nSPS) is 29.6. The van der Waals surface area contributed by atoms with E-state index in [1.165, 1.54) is 25.9 Å². The lowest BCUT2D eigenvalue weighted by atomic mass is 9.72. The molecule has 5 rings (SSSR count). The van der Waals surface area contributed by atoms with Crippen molar-refractivity contribution >= 4 is 11.4 Å². The molecule has 2 aromatic rings. The Hall–Kier alpha value is -1.81. The van der Waals surface area contributed by atoms with Gasteiger partial charge in [-0.15, -0.1) is 0 Å². The lowest BCUT2D eigenvalue weighted by molar-refractivity contribution is -0.0378. The zero-order valence-corrected chi connectivity index (χ0v) is 13.2. The molecular formula is C18H23N3O. The van der Waals surface area contributed by atoms with Gasteiger partial charge in [-0.1, -0.05) is 0 Å². The molecule has 0 aromatic carbocycles. The highest BCUT2D eigenvalue weighted by atomic mass is 16.1. The van der Waals surface area contributed by atoms with Crippen LogP contribution >= 0.6 is 0 Å². The van der Waals surface area contributed by atoms with E-state index in [4.69, 9.17) is 0 Å². The minimum Gasteiger partial charge on any atom is -0.347 e. The molecule has 3 aliphatic rings. The second-order valence-corrected chi connectivity index (χ2v) is 7.19. The molecule has 0 saturated carbocycles. The van der Waals surface area contributed by atoms with E-state index >= 15 is 0 Å². The third kappa shape index (κ3) is 2.05. The van der Waals surface area contributed by atoms with Crippen molar-refractivity contribution in [1.29, 1.82) is 0 Å². The summed E-state index contributed by atoms with van der Waals surface area (Å²) in [6.45, 7) is 6.86. The lowest BCUT2D eigenvalue weighted by Crippen LogP contribution is -2.69. The van der Waals surface area contributed by atoms with Crippen molar-refractivity contribution in [2.24, 2.45) is 5.92 Å². The summed E-state index contributed by atoms with van der Waals surface area (Å²) in [5, 5.41) is 3.32. The van der Waals surface area contributed by atoms with Crippen LogP contribution in [0.1, 0.15) is 37.0 Å². The first-order valence-corrected chi connectivity index (χ1v) is 8.18. The average molecular weight is 297 g/mol. The fraction of sp³-hybridized carbons (Fsp3) is 0.500. The molecule has 4 heteroatoms. The van der Waals surface area contributed by atoms with E-state index in [9.17, 15) is 4.79 Å². The summed E-state index contributed by atoms with van der Waals surface area (Å²) in [6, 6.07) is 8.18. The quantitative estimate of drug-likeness (QED) is 0.925. The van der Waals surface area contributed by atoms with Gasteiger partial charge in [0.2, 0.25) is 0 Å². The third-order valence-electron chi connectivity index (χ3n) is 5.66. The molecule has 0 aliphatic carbocycles. The number of pyridine rings is 1. The van der Waals surface area contributed by atoms with Crippen LogP contribution in [0, 0.1) is 5.92 Å². The fourth-order valence-corrected chi connectivity index (χ4v) is 4.27. The predicted molar refractivity (Wildman–Crippen MR) is 87.0 cm³/mol. The number of hydrogen-bond donors (Lipinski definition) is 1. The minimum absolute atomic E-state index is 0.0439. The fourth-order valence-electron chi connectivity index (χ4n) is 4.27. The van der Waals surface area contributed by atoms with Crippen LogP contribution in [0.25, 0.3) is 5.52 Å². The molecule has 1 N–H and O–H groups in total. The minimum atomic E-state index is 0.0439. The van der Waals surface area contributed by atoms with E-state index in [0.717, 1.165) is 11.1 Å². The van der Waals surface area contributed by atoms with E-state index in [2.05, 4.69) is 24.1 Å². The van der Waals surface area contributed by atoms with Crippen LogP contribution < -0.4 is 5.32 Å². The highest BCUT2D eigenvalue weighted by Crippen LogP contribution is 2.39. The highest BCUT2D eigenvalue weighted by molar-refractivity contribution is 5.94. The summed E-state index contributed by atoms with van der Waals surface area (Å²) < 4.78 is 2.00. The monoisotopic (exact) mass is 297 g/mol. The standard InChI is InChI=1S/C18H23N3O/c1-18(2)16(13-7-10-21(18)11-8-13)19-17(22)14-5-6-15-4-3-9-20(15)12-14/h3-6,9,12-13,16H,7-8,10-11H2,1-2H3,(H,19,22). The van der Waals surface area contributed by atoms with Crippen LogP contribution in [0.3, 0.4) is 0 Å². The maximum atomic E-state index is 12.7. The zero-order chi connectivity index (χ0) is 15.3. The molecule has 116 valence electrons. The van der Waals surface area contributed by atoms with E-state index < -0.39 is 0 Å². The number of fused-ring (bicyclic) bond motifs is 4. The van der Waals surface area contributed by atoms with Crippen LogP contribution in [-0.2, 0) is 0 Å². The van der Waals surface area contributed by atoms with Gasteiger partial charge in [0.25, 0.3) is 5.91 Å². The molecule has 5 heterocycles. The third-order valence-corrected chi connectivity index (χ3v) is 5.66. The van der Waals surface area contributed by atoms with E-state index in [0.29, 0.717) is 5.92 Å². The molecule has 0 radical (unpaired) electrons. The summed E-state index contributed by atoms with van der Waals surface area (Å²) in [6.07, 6.45) is 6.29. The van der Waals surface area contributed by atoms with E-state index in [1.807, 2.05) is 41.1 Å².